The van der Waals surface area contributed by atoms with E-state index in [1.807, 2.05) is 12.1 Å². The molecule has 0 aliphatic carbocycles. The van der Waals surface area contributed by atoms with Gasteiger partial charge < -0.3 is 20.5 Å². The van der Waals surface area contributed by atoms with Gasteiger partial charge in [0.25, 0.3) is 0 Å². The number of nitrogens with one attached hydrogen (secondary N) is 2. The van der Waals surface area contributed by atoms with Crippen LogP contribution >= 0.6 is 0 Å². The largest absolute Gasteiger partial charge is 0.493 e. The summed E-state index contributed by atoms with van der Waals surface area (Å²) in [5.74, 6) is 0.493. The Kier molecular flexibility index (Phi) is 4.96. The van der Waals surface area contributed by atoms with Crippen LogP contribution in [0.1, 0.15) is 23.7 Å². The average molecular weight is 330 g/mol. The lowest BCUT2D eigenvalue weighted by atomic mass is 10.1. The Hall–Kier alpha value is -2.60. The number of aliphatic hydroxyl groups is 1. The van der Waals surface area contributed by atoms with Crippen LogP contribution in [-0.2, 0) is 6.42 Å². The molecule has 1 aliphatic rings. The first-order valence-corrected chi connectivity index (χ1v) is 7.86. The number of fused-ring (bicyclic) bond motifs is 1. The Labute approximate surface area is 139 Å². The van der Waals surface area contributed by atoms with Crippen molar-refractivity contribution in [3.05, 3.63) is 59.4 Å². The molecule has 0 fully saturated rings. The number of benzene rings is 2. The zero-order valence-electron chi connectivity index (χ0n) is 13.1. The second-order valence-corrected chi connectivity index (χ2v) is 5.68. The van der Waals surface area contributed by atoms with Crippen molar-refractivity contribution in [1.29, 1.82) is 0 Å². The van der Waals surface area contributed by atoms with E-state index in [-0.39, 0.29) is 12.4 Å². The Morgan fingerprint density at radius 2 is 2.04 bits per heavy atom. The number of amides is 2. The monoisotopic (exact) mass is 330 g/mol. The number of carbonyl (C=O) groups is 1. The van der Waals surface area contributed by atoms with Crippen LogP contribution < -0.4 is 15.4 Å². The number of halogens is 1. The predicted octanol–water partition coefficient (Wildman–Crippen LogP) is 3.01. The van der Waals surface area contributed by atoms with Gasteiger partial charge in [-0.2, -0.15) is 0 Å². The lowest BCUT2D eigenvalue weighted by Crippen LogP contribution is -2.32. The van der Waals surface area contributed by atoms with Gasteiger partial charge in [-0.15, -0.1) is 0 Å². The van der Waals surface area contributed by atoms with Gasteiger partial charge in [0.05, 0.1) is 12.7 Å². The molecule has 1 aliphatic heterocycles. The molecule has 24 heavy (non-hydrogen) atoms. The minimum absolute atomic E-state index is 0.0333. The highest BCUT2D eigenvalue weighted by Crippen LogP contribution is 2.27. The number of aryl methyl sites for hydroxylation is 1. The first-order valence-electron chi connectivity index (χ1n) is 7.86. The van der Waals surface area contributed by atoms with Crippen LogP contribution in [-0.4, -0.2) is 24.3 Å². The molecule has 1 atom stereocenters. The summed E-state index contributed by atoms with van der Waals surface area (Å²) in [6.45, 7) is 0.757. The second-order valence-electron chi connectivity index (χ2n) is 5.68. The van der Waals surface area contributed by atoms with Gasteiger partial charge in [0.1, 0.15) is 11.6 Å². The quantitative estimate of drug-likeness (QED) is 0.807. The van der Waals surface area contributed by atoms with E-state index >= 15 is 0 Å². The van der Waals surface area contributed by atoms with Crippen molar-refractivity contribution in [2.24, 2.45) is 0 Å². The molecule has 2 aromatic rings. The third-order valence-electron chi connectivity index (χ3n) is 3.88. The number of hydrogen-bond donors (Lipinski definition) is 3. The van der Waals surface area contributed by atoms with E-state index in [1.165, 1.54) is 24.3 Å². The standard InChI is InChI=1S/C18H19FN2O3/c19-14-5-3-12(4-6-14)16(22)11-20-18(23)21-15-7-8-17-13(10-15)2-1-9-24-17/h3-8,10,16,22H,1-2,9,11H2,(H2,20,21,23)/t16-/m1/s1. The van der Waals surface area contributed by atoms with Gasteiger partial charge in [0, 0.05) is 12.2 Å². The number of aliphatic hydroxyl groups excluding tert-OH is 1. The molecule has 0 saturated heterocycles. The number of urea groups is 1. The van der Waals surface area contributed by atoms with E-state index in [0.29, 0.717) is 11.3 Å². The van der Waals surface area contributed by atoms with E-state index in [4.69, 9.17) is 4.74 Å². The van der Waals surface area contributed by atoms with E-state index in [2.05, 4.69) is 10.6 Å². The van der Waals surface area contributed by atoms with Gasteiger partial charge in [-0.05, 0) is 54.3 Å². The smallest absolute Gasteiger partial charge is 0.319 e. The van der Waals surface area contributed by atoms with Crippen LogP contribution in [0.2, 0.25) is 0 Å². The zero-order chi connectivity index (χ0) is 16.9. The predicted molar refractivity (Wildman–Crippen MR) is 88.6 cm³/mol. The third-order valence-corrected chi connectivity index (χ3v) is 3.88. The Morgan fingerprint density at radius 1 is 1.25 bits per heavy atom. The fourth-order valence-corrected chi connectivity index (χ4v) is 2.61. The van der Waals surface area contributed by atoms with Crippen molar-refractivity contribution in [2.75, 3.05) is 18.5 Å². The first kappa shape index (κ1) is 16.3. The third kappa shape index (κ3) is 4.02. The molecule has 1 heterocycles. The van der Waals surface area contributed by atoms with E-state index in [0.717, 1.165) is 30.8 Å². The van der Waals surface area contributed by atoms with Gasteiger partial charge >= 0.3 is 6.03 Å². The maximum Gasteiger partial charge on any atom is 0.319 e. The summed E-state index contributed by atoms with van der Waals surface area (Å²) in [7, 11) is 0. The van der Waals surface area contributed by atoms with Gasteiger partial charge in [-0.3, -0.25) is 0 Å². The molecule has 126 valence electrons. The summed E-state index contributed by atoms with van der Waals surface area (Å²) in [6, 6.07) is 10.6. The first-order chi connectivity index (χ1) is 11.6. The van der Waals surface area contributed by atoms with Crippen LogP contribution in [0.4, 0.5) is 14.9 Å². The molecule has 2 amide bonds. The summed E-state index contributed by atoms with van der Waals surface area (Å²) in [4.78, 5) is 11.9. The SMILES string of the molecule is O=C(NC[C@@H](O)c1ccc(F)cc1)Nc1ccc2c(c1)CCCO2. The lowest BCUT2D eigenvalue weighted by Gasteiger charge is -2.18. The normalized spacial score (nSPS) is 14.2. The summed E-state index contributed by atoms with van der Waals surface area (Å²) < 4.78 is 18.4. The Balaban J connectivity index is 1.53. The topological polar surface area (TPSA) is 70.6 Å². The van der Waals surface area contributed by atoms with Crippen LogP contribution in [0.5, 0.6) is 5.75 Å². The van der Waals surface area contributed by atoms with Crippen molar-refractivity contribution in [1.82, 2.24) is 5.32 Å². The number of hydrogen-bond acceptors (Lipinski definition) is 3. The minimum atomic E-state index is -0.895. The highest BCUT2D eigenvalue weighted by Gasteiger charge is 2.13. The molecule has 3 N–H and O–H groups in total. The molecule has 0 unspecified atom stereocenters. The Bertz CT molecular complexity index is 719. The van der Waals surface area contributed by atoms with E-state index < -0.39 is 12.1 Å². The summed E-state index contributed by atoms with van der Waals surface area (Å²) in [5, 5.41) is 15.3. The molecule has 5 nitrogen and oxygen atoms in total. The molecular weight excluding hydrogens is 311 g/mol. The van der Waals surface area contributed by atoms with Gasteiger partial charge in [0.15, 0.2) is 0 Å². The average Bonchev–Trinajstić information content (AvgIpc) is 2.60. The van der Waals surface area contributed by atoms with Crippen molar-refractivity contribution in [3.8, 4) is 5.75 Å². The summed E-state index contributed by atoms with van der Waals surface area (Å²) in [5.41, 5.74) is 2.29. The van der Waals surface area contributed by atoms with Crippen LogP contribution in [0, 0.1) is 5.82 Å². The molecular formula is C18H19FN2O3. The molecule has 3 rings (SSSR count). The van der Waals surface area contributed by atoms with Crippen LogP contribution in [0.15, 0.2) is 42.5 Å². The molecule has 0 spiro atoms. The molecule has 2 aromatic carbocycles. The second kappa shape index (κ2) is 7.31. The van der Waals surface area contributed by atoms with Crippen LogP contribution in [0.25, 0.3) is 0 Å². The van der Waals surface area contributed by atoms with E-state index in [9.17, 15) is 14.3 Å². The lowest BCUT2D eigenvalue weighted by molar-refractivity contribution is 0.175. The molecule has 0 bridgehead atoms. The van der Waals surface area contributed by atoms with Crippen molar-refractivity contribution in [2.45, 2.75) is 18.9 Å². The zero-order valence-corrected chi connectivity index (χ0v) is 13.1. The minimum Gasteiger partial charge on any atom is -0.493 e. The maximum atomic E-state index is 12.9. The number of anilines is 1. The summed E-state index contributed by atoms with van der Waals surface area (Å²) in [6.07, 6.45) is 0.996. The maximum absolute atomic E-state index is 12.9. The number of carbonyl (C=O) groups excluding carboxylic acids is 1. The highest BCUT2D eigenvalue weighted by molar-refractivity contribution is 5.89. The molecule has 0 saturated carbocycles. The van der Waals surface area contributed by atoms with Gasteiger partial charge in [-0.1, -0.05) is 12.1 Å². The van der Waals surface area contributed by atoms with Crippen molar-refractivity contribution < 1.29 is 19.0 Å². The molecule has 6 heteroatoms. The molecule has 0 radical (unpaired) electrons. The molecule has 0 aromatic heterocycles. The Morgan fingerprint density at radius 3 is 2.83 bits per heavy atom. The van der Waals surface area contributed by atoms with Gasteiger partial charge in [0.2, 0.25) is 0 Å². The van der Waals surface area contributed by atoms with E-state index in [1.54, 1.807) is 6.07 Å². The fraction of sp³-hybridized carbons (Fsp3) is 0.278. The van der Waals surface area contributed by atoms with Gasteiger partial charge in [-0.25, -0.2) is 9.18 Å². The summed E-state index contributed by atoms with van der Waals surface area (Å²) >= 11 is 0. The number of rotatable bonds is 4. The fourth-order valence-electron chi connectivity index (χ4n) is 2.61. The highest BCUT2D eigenvalue weighted by atomic mass is 19.1. The van der Waals surface area contributed by atoms with Crippen molar-refractivity contribution >= 4 is 11.7 Å². The van der Waals surface area contributed by atoms with Crippen molar-refractivity contribution in [3.63, 3.8) is 0 Å². The van der Waals surface area contributed by atoms with Crippen LogP contribution in [0.3, 0.4) is 0 Å². The number of ether oxygens (including phenoxy) is 1.